The molecule has 0 aliphatic heterocycles. The Morgan fingerprint density at radius 2 is 2.00 bits per heavy atom. The zero-order valence-corrected chi connectivity index (χ0v) is 12.3. The number of ether oxygens (including phenoxy) is 1. The summed E-state index contributed by atoms with van der Waals surface area (Å²) in [6.07, 6.45) is 0. The van der Waals surface area contributed by atoms with E-state index in [0.717, 1.165) is 22.3 Å². The molecule has 1 N–H and O–H groups in total. The summed E-state index contributed by atoms with van der Waals surface area (Å²) in [4.78, 5) is 14.7. The highest BCUT2D eigenvalue weighted by molar-refractivity contribution is 5.78. The van der Waals surface area contributed by atoms with E-state index in [2.05, 4.69) is 15.3 Å². The fourth-order valence-electron chi connectivity index (χ4n) is 2.37. The Bertz CT molecular complexity index is 513. The van der Waals surface area contributed by atoms with Crippen LogP contribution in [0.2, 0.25) is 0 Å². The summed E-state index contributed by atoms with van der Waals surface area (Å²) in [5, 5.41) is 6.53. The van der Waals surface area contributed by atoms with Gasteiger partial charge in [0.2, 0.25) is 0 Å². The Balaban J connectivity index is 3.04. The van der Waals surface area contributed by atoms with Gasteiger partial charge in [-0.05, 0) is 43.0 Å². The summed E-state index contributed by atoms with van der Waals surface area (Å²) in [5.74, 6) is -0.346. The quantitative estimate of drug-likeness (QED) is 0.285. The lowest BCUT2D eigenvalue weighted by Gasteiger charge is -2.21. The number of benzene rings is 1. The maximum Gasteiger partial charge on any atom is 0.327 e. The van der Waals surface area contributed by atoms with E-state index in [-0.39, 0.29) is 12.5 Å². The van der Waals surface area contributed by atoms with Gasteiger partial charge in [-0.3, -0.25) is 0 Å². The molecule has 1 aromatic rings. The third-order valence-electron chi connectivity index (χ3n) is 3.09. The number of methoxy groups -OCH3 is 1. The fraction of sp³-hybridized carbons (Fsp3) is 0.500. The molecule has 108 valence electrons. The van der Waals surface area contributed by atoms with Gasteiger partial charge in [0.15, 0.2) is 0 Å². The van der Waals surface area contributed by atoms with Crippen molar-refractivity contribution in [1.82, 2.24) is 5.32 Å². The van der Waals surface area contributed by atoms with Crippen LogP contribution in [0.5, 0.6) is 0 Å². The topological polar surface area (TPSA) is 87.1 Å². The van der Waals surface area contributed by atoms with E-state index in [0.29, 0.717) is 6.54 Å². The second kappa shape index (κ2) is 7.53. The number of carbonyl (C=O) groups excluding carboxylic acids is 1. The van der Waals surface area contributed by atoms with Crippen LogP contribution in [0.3, 0.4) is 0 Å². The SMILES string of the molecule is COC(=O)C(NCCN=[N+]=[N-])c1c(C)cc(C)cc1C. The molecular formula is C14H20N4O2. The number of hydrogen-bond acceptors (Lipinski definition) is 4. The highest BCUT2D eigenvalue weighted by Crippen LogP contribution is 2.24. The lowest BCUT2D eigenvalue weighted by atomic mass is 9.94. The summed E-state index contributed by atoms with van der Waals surface area (Å²) in [6, 6.07) is 3.52. The maximum absolute atomic E-state index is 12.0. The van der Waals surface area contributed by atoms with Gasteiger partial charge < -0.3 is 10.1 Å². The van der Waals surface area contributed by atoms with Crippen molar-refractivity contribution in [1.29, 1.82) is 0 Å². The van der Waals surface area contributed by atoms with Gasteiger partial charge in [-0.2, -0.15) is 0 Å². The van der Waals surface area contributed by atoms with Gasteiger partial charge in [0.25, 0.3) is 0 Å². The van der Waals surface area contributed by atoms with Crippen LogP contribution in [0.15, 0.2) is 17.2 Å². The molecule has 1 rings (SSSR count). The van der Waals surface area contributed by atoms with Crippen LogP contribution < -0.4 is 5.32 Å². The summed E-state index contributed by atoms with van der Waals surface area (Å²) in [6.45, 7) is 6.66. The van der Waals surface area contributed by atoms with Crippen LogP contribution in [0.1, 0.15) is 28.3 Å². The molecule has 0 radical (unpaired) electrons. The van der Waals surface area contributed by atoms with E-state index in [1.54, 1.807) is 0 Å². The van der Waals surface area contributed by atoms with Crippen molar-refractivity contribution in [2.45, 2.75) is 26.8 Å². The average molecular weight is 276 g/mol. The van der Waals surface area contributed by atoms with Crippen LogP contribution >= 0.6 is 0 Å². The Morgan fingerprint density at radius 1 is 1.40 bits per heavy atom. The molecule has 0 aliphatic carbocycles. The van der Waals surface area contributed by atoms with Crippen molar-refractivity contribution in [3.05, 3.63) is 44.8 Å². The van der Waals surface area contributed by atoms with Crippen molar-refractivity contribution < 1.29 is 9.53 Å². The number of rotatable bonds is 6. The zero-order valence-electron chi connectivity index (χ0n) is 12.3. The molecular weight excluding hydrogens is 256 g/mol. The molecule has 1 atom stereocenters. The molecule has 6 nitrogen and oxygen atoms in total. The minimum absolute atomic E-state index is 0.286. The molecule has 0 saturated carbocycles. The lowest BCUT2D eigenvalue weighted by molar-refractivity contribution is -0.143. The smallest absolute Gasteiger partial charge is 0.327 e. The molecule has 0 amide bonds. The highest BCUT2D eigenvalue weighted by atomic mass is 16.5. The van der Waals surface area contributed by atoms with Gasteiger partial charge in [-0.1, -0.05) is 22.8 Å². The molecule has 0 fully saturated rings. The van der Waals surface area contributed by atoms with Crippen molar-refractivity contribution in [3.63, 3.8) is 0 Å². The molecule has 0 spiro atoms. The molecule has 1 aromatic carbocycles. The summed E-state index contributed by atoms with van der Waals surface area (Å²) in [7, 11) is 1.36. The van der Waals surface area contributed by atoms with Crippen molar-refractivity contribution in [2.24, 2.45) is 5.11 Å². The third kappa shape index (κ3) is 3.98. The van der Waals surface area contributed by atoms with E-state index < -0.39 is 6.04 Å². The predicted octanol–water partition coefficient (Wildman–Crippen LogP) is 2.73. The van der Waals surface area contributed by atoms with E-state index >= 15 is 0 Å². The number of aryl methyl sites for hydroxylation is 3. The fourth-order valence-corrected chi connectivity index (χ4v) is 2.37. The van der Waals surface area contributed by atoms with E-state index in [9.17, 15) is 4.79 Å². The molecule has 0 saturated heterocycles. The number of nitrogens with zero attached hydrogens (tertiary/aromatic N) is 3. The van der Waals surface area contributed by atoms with Gasteiger partial charge in [-0.15, -0.1) is 0 Å². The minimum atomic E-state index is -0.547. The summed E-state index contributed by atoms with van der Waals surface area (Å²) in [5.41, 5.74) is 12.4. The van der Waals surface area contributed by atoms with Gasteiger partial charge in [0.05, 0.1) is 7.11 Å². The zero-order chi connectivity index (χ0) is 15.1. The van der Waals surface area contributed by atoms with Crippen molar-refractivity contribution >= 4 is 5.97 Å². The number of hydrogen-bond donors (Lipinski definition) is 1. The molecule has 0 bridgehead atoms. The first-order chi connectivity index (χ1) is 9.51. The minimum Gasteiger partial charge on any atom is -0.468 e. The van der Waals surface area contributed by atoms with Crippen LogP contribution in [-0.4, -0.2) is 26.2 Å². The van der Waals surface area contributed by atoms with Gasteiger partial charge in [0, 0.05) is 18.0 Å². The van der Waals surface area contributed by atoms with Crippen LogP contribution in [0.4, 0.5) is 0 Å². The van der Waals surface area contributed by atoms with Gasteiger partial charge >= 0.3 is 5.97 Å². The Hall–Kier alpha value is -2.04. The van der Waals surface area contributed by atoms with Crippen molar-refractivity contribution in [2.75, 3.05) is 20.2 Å². The van der Waals surface area contributed by atoms with Gasteiger partial charge in [0.1, 0.15) is 6.04 Å². The molecule has 0 aliphatic rings. The number of carbonyl (C=O) groups is 1. The van der Waals surface area contributed by atoms with Gasteiger partial charge in [-0.25, -0.2) is 4.79 Å². The normalized spacial score (nSPS) is 11.6. The number of azide groups is 1. The van der Waals surface area contributed by atoms with E-state index in [4.69, 9.17) is 10.3 Å². The average Bonchev–Trinajstić information content (AvgIpc) is 2.39. The molecule has 0 aromatic heterocycles. The molecule has 6 heteroatoms. The number of nitrogens with one attached hydrogen (secondary N) is 1. The Kier molecular flexibility index (Phi) is 6.03. The van der Waals surface area contributed by atoms with E-state index in [1.165, 1.54) is 7.11 Å². The second-order valence-electron chi connectivity index (χ2n) is 4.68. The predicted molar refractivity (Wildman–Crippen MR) is 77.4 cm³/mol. The first kappa shape index (κ1) is 16.0. The summed E-state index contributed by atoms with van der Waals surface area (Å²) < 4.78 is 4.86. The van der Waals surface area contributed by atoms with Crippen LogP contribution in [0.25, 0.3) is 10.4 Å². The largest absolute Gasteiger partial charge is 0.468 e. The first-order valence-electron chi connectivity index (χ1n) is 6.41. The van der Waals surface area contributed by atoms with Crippen molar-refractivity contribution in [3.8, 4) is 0 Å². The molecule has 1 unspecified atom stereocenters. The molecule has 0 heterocycles. The second-order valence-corrected chi connectivity index (χ2v) is 4.68. The van der Waals surface area contributed by atoms with Crippen LogP contribution in [-0.2, 0) is 9.53 Å². The van der Waals surface area contributed by atoms with E-state index in [1.807, 2.05) is 32.9 Å². The third-order valence-corrected chi connectivity index (χ3v) is 3.09. The monoisotopic (exact) mass is 276 g/mol. The lowest BCUT2D eigenvalue weighted by Crippen LogP contribution is -2.32. The first-order valence-corrected chi connectivity index (χ1v) is 6.41. The maximum atomic E-state index is 12.0. The highest BCUT2D eigenvalue weighted by Gasteiger charge is 2.24. The Morgan fingerprint density at radius 3 is 2.50 bits per heavy atom. The summed E-state index contributed by atoms with van der Waals surface area (Å²) >= 11 is 0. The molecule has 20 heavy (non-hydrogen) atoms. The standard InChI is InChI=1S/C14H20N4O2/c1-9-7-10(2)12(11(3)8-9)13(14(19)20-4)16-5-6-17-18-15/h7-8,13,16H,5-6H2,1-4H3. The van der Waals surface area contributed by atoms with Crippen LogP contribution in [0, 0.1) is 20.8 Å². The number of esters is 1. The Labute approximate surface area is 118 Å².